The fraction of sp³-hybridized carbons (Fsp3) is 0.929. The van der Waals surface area contributed by atoms with Gasteiger partial charge >= 0.3 is 0 Å². The first-order chi connectivity index (χ1) is 8.08. The third kappa shape index (κ3) is 4.30. The maximum atomic E-state index is 12.4. The van der Waals surface area contributed by atoms with Gasteiger partial charge in [-0.05, 0) is 38.5 Å². The maximum absolute atomic E-state index is 12.4. The Bertz CT molecular complexity index is 232. The van der Waals surface area contributed by atoms with Crippen molar-refractivity contribution in [2.45, 2.75) is 58.9 Å². The van der Waals surface area contributed by atoms with Crippen LogP contribution in [0.3, 0.4) is 0 Å². The van der Waals surface area contributed by atoms with Gasteiger partial charge in [0.2, 0.25) is 5.91 Å². The number of nitrogens with two attached hydrogens (primary N) is 1. The number of hydrogen-bond acceptors (Lipinski definition) is 2. The van der Waals surface area contributed by atoms with E-state index in [1.807, 2.05) is 4.90 Å². The zero-order valence-corrected chi connectivity index (χ0v) is 11.6. The van der Waals surface area contributed by atoms with E-state index in [-0.39, 0.29) is 12.0 Å². The Kier molecular flexibility index (Phi) is 5.96. The van der Waals surface area contributed by atoms with E-state index in [0.29, 0.717) is 11.8 Å². The van der Waals surface area contributed by atoms with E-state index in [4.69, 9.17) is 5.73 Å². The molecule has 1 saturated carbocycles. The van der Waals surface area contributed by atoms with E-state index in [0.717, 1.165) is 45.2 Å². The minimum absolute atomic E-state index is 0.172. The van der Waals surface area contributed by atoms with Gasteiger partial charge in [0.05, 0.1) is 0 Å². The van der Waals surface area contributed by atoms with Gasteiger partial charge in [-0.15, -0.1) is 0 Å². The highest BCUT2D eigenvalue weighted by atomic mass is 16.2. The van der Waals surface area contributed by atoms with Crippen molar-refractivity contribution in [3.8, 4) is 0 Å². The fourth-order valence-electron chi connectivity index (χ4n) is 2.89. The van der Waals surface area contributed by atoms with Crippen LogP contribution in [0, 0.1) is 11.8 Å². The minimum Gasteiger partial charge on any atom is -0.343 e. The topological polar surface area (TPSA) is 46.3 Å². The van der Waals surface area contributed by atoms with Gasteiger partial charge in [-0.3, -0.25) is 4.79 Å². The molecule has 1 aliphatic carbocycles. The first kappa shape index (κ1) is 14.5. The van der Waals surface area contributed by atoms with Gasteiger partial charge in [0.25, 0.3) is 0 Å². The highest BCUT2D eigenvalue weighted by Gasteiger charge is 2.31. The first-order valence-electron chi connectivity index (χ1n) is 7.12. The Labute approximate surface area is 106 Å². The average molecular weight is 240 g/mol. The molecular formula is C14H28N2O. The smallest absolute Gasteiger partial charge is 0.225 e. The molecule has 3 heteroatoms. The second-order valence-electron chi connectivity index (χ2n) is 5.54. The highest BCUT2D eigenvalue weighted by Crippen LogP contribution is 2.29. The van der Waals surface area contributed by atoms with E-state index < -0.39 is 0 Å². The zero-order chi connectivity index (χ0) is 12.8. The number of nitrogens with zero attached hydrogens (tertiary/aromatic N) is 1. The van der Waals surface area contributed by atoms with Crippen molar-refractivity contribution < 1.29 is 4.79 Å². The lowest BCUT2D eigenvalue weighted by Gasteiger charge is -2.33. The molecule has 3 nitrogen and oxygen atoms in total. The standard InChI is InChI=1S/C14H28N2O/c1-4-6-7-16(5-2)14(17)12-8-11(3)9-13(15)10-12/h11-13H,4-10,15H2,1-3H3. The number of amides is 1. The molecule has 0 aromatic carbocycles. The van der Waals surface area contributed by atoms with Crippen LogP contribution in [-0.2, 0) is 4.79 Å². The first-order valence-corrected chi connectivity index (χ1v) is 7.12. The Morgan fingerprint density at radius 3 is 2.53 bits per heavy atom. The molecule has 0 aliphatic heterocycles. The molecule has 3 unspecified atom stereocenters. The van der Waals surface area contributed by atoms with Gasteiger partial charge in [-0.1, -0.05) is 20.3 Å². The summed E-state index contributed by atoms with van der Waals surface area (Å²) in [5.74, 6) is 1.10. The lowest BCUT2D eigenvalue weighted by molar-refractivity contribution is -0.137. The van der Waals surface area contributed by atoms with Gasteiger partial charge in [-0.25, -0.2) is 0 Å². The second-order valence-corrected chi connectivity index (χ2v) is 5.54. The van der Waals surface area contributed by atoms with Crippen LogP contribution in [0.4, 0.5) is 0 Å². The summed E-state index contributed by atoms with van der Waals surface area (Å²) >= 11 is 0. The molecule has 0 bridgehead atoms. The summed E-state index contributed by atoms with van der Waals surface area (Å²) in [5, 5.41) is 0. The zero-order valence-electron chi connectivity index (χ0n) is 11.6. The average Bonchev–Trinajstić information content (AvgIpc) is 2.28. The molecule has 0 aromatic rings. The van der Waals surface area contributed by atoms with Crippen LogP contribution in [0.1, 0.15) is 52.9 Å². The van der Waals surface area contributed by atoms with Crippen LogP contribution >= 0.6 is 0 Å². The van der Waals surface area contributed by atoms with Crippen molar-refractivity contribution in [3.05, 3.63) is 0 Å². The lowest BCUT2D eigenvalue weighted by atomic mass is 9.79. The molecule has 17 heavy (non-hydrogen) atoms. The number of carbonyl (C=O) groups is 1. The Morgan fingerprint density at radius 2 is 2.00 bits per heavy atom. The summed E-state index contributed by atoms with van der Waals surface area (Å²) in [4.78, 5) is 14.4. The monoisotopic (exact) mass is 240 g/mol. The van der Waals surface area contributed by atoms with Crippen LogP contribution in [0.5, 0.6) is 0 Å². The third-order valence-corrected chi connectivity index (χ3v) is 3.80. The quantitative estimate of drug-likeness (QED) is 0.802. The lowest BCUT2D eigenvalue weighted by Crippen LogP contribution is -2.42. The number of hydrogen-bond donors (Lipinski definition) is 1. The van der Waals surface area contributed by atoms with Crippen molar-refractivity contribution >= 4 is 5.91 Å². The third-order valence-electron chi connectivity index (χ3n) is 3.80. The molecule has 3 atom stereocenters. The normalized spacial score (nSPS) is 29.1. The molecule has 2 N–H and O–H groups in total. The molecule has 0 saturated heterocycles. The molecular weight excluding hydrogens is 212 g/mol. The second kappa shape index (κ2) is 7.00. The molecule has 0 radical (unpaired) electrons. The molecule has 1 rings (SSSR count). The minimum atomic E-state index is 0.172. The molecule has 100 valence electrons. The van der Waals surface area contributed by atoms with Gasteiger partial charge in [0.1, 0.15) is 0 Å². The number of unbranched alkanes of at least 4 members (excludes halogenated alkanes) is 1. The van der Waals surface area contributed by atoms with Gasteiger partial charge in [0.15, 0.2) is 0 Å². The van der Waals surface area contributed by atoms with Crippen LogP contribution in [0.15, 0.2) is 0 Å². The summed E-state index contributed by atoms with van der Waals surface area (Å²) < 4.78 is 0. The Morgan fingerprint density at radius 1 is 1.29 bits per heavy atom. The molecule has 0 spiro atoms. The predicted molar refractivity (Wildman–Crippen MR) is 71.6 cm³/mol. The molecule has 0 aromatic heterocycles. The van der Waals surface area contributed by atoms with Crippen molar-refractivity contribution in [2.75, 3.05) is 13.1 Å². The largest absolute Gasteiger partial charge is 0.343 e. The number of rotatable bonds is 5. The molecule has 1 fully saturated rings. The SMILES string of the molecule is CCCCN(CC)C(=O)C1CC(C)CC(N)C1. The van der Waals surface area contributed by atoms with E-state index >= 15 is 0 Å². The van der Waals surface area contributed by atoms with Crippen LogP contribution in [-0.4, -0.2) is 29.9 Å². The van der Waals surface area contributed by atoms with Gasteiger partial charge in [0, 0.05) is 25.0 Å². The van der Waals surface area contributed by atoms with E-state index in [1.165, 1.54) is 0 Å². The van der Waals surface area contributed by atoms with Crippen LogP contribution < -0.4 is 5.73 Å². The Balaban J connectivity index is 2.54. The predicted octanol–water partition coefficient (Wildman–Crippen LogP) is 2.40. The summed E-state index contributed by atoms with van der Waals surface area (Å²) in [6, 6.07) is 0.220. The summed E-state index contributed by atoms with van der Waals surface area (Å²) in [6.45, 7) is 8.18. The highest BCUT2D eigenvalue weighted by molar-refractivity contribution is 5.79. The van der Waals surface area contributed by atoms with Gasteiger partial charge < -0.3 is 10.6 Å². The fourth-order valence-corrected chi connectivity index (χ4v) is 2.89. The van der Waals surface area contributed by atoms with Gasteiger partial charge in [-0.2, -0.15) is 0 Å². The molecule has 1 amide bonds. The van der Waals surface area contributed by atoms with E-state index in [1.54, 1.807) is 0 Å². The molecule has 1 aliphatic rings. The summed E-state index contributed by atoms with van der Waals surface area (Å²) in [7, 11) is 0. The van der Waals surface area contributed by atoms with Crippen molar-refractivity contribution in [1.29, 1.82) is 0 Å². The van der Waals surface area contributed by atoms with Crippen LogP contribution in [0.25, 0.3) is 0 Å². The Hall–Kier alpha value is -0.570. The van der Waals surface area contributed by atoms with Crippen molar-refractivity contribution in [3.63, 3.8) is 0 Å². The van der Waals surface area contributed by atoms with Crippen LogP contribution in [0.2, 0.25) is 0 Å². The van der Waals surface area contributed by atoms with Crippen molar-refractivity contribution in [1.82, 2.24) is 4.90 Å². The maximum Gasteiger partial charge on any atom is 0.225 e. The summed E-state index contributed by atoms with van der Waals surface area (Å²) in [5.41, 5.74) is 6.02. The van der Waals surface area contributed by atoms with Crippen molar-refractivity contribution in [2.24, 2.45) is 17.6 Å². The summed E-state index contributed by atoms with van der Waals surface area (Å²) in [6.07, 6.45) is 5.23. The van der Waals surface area contributed by atoms with E-state index in [9.17, 15) is 4.79 Å². The number of carbonyl (C=O) groups excluding carboxylic acids is 1. The van der Waals surface area contributed by atoms with E-state index in [2.05, 4.69) is 20.8 Å². The molecule has 0 heterocycles.